The van der Waals surface area contributed by atoms with E-state index >= 15 is 0 Å². The Morgan fingerprint density at radius 2 is 1.73 bits per heavy atom. The van der Waals surface area contributed by atoms with Crippen LogP contribution in [-0.2, 0) is 11.3 Å². The average molecular weight is 415 g/mol. The Morgan fingerprint density at radius 1 is 1.13 bits per heavy atom. The van der Waals surface area contributed by atoms with Crippen molar-refractivity contribution in [3.63, 3.8) is 0 Å². The molecule has 0 saturated carbocycles. The molecule has 1 aromatic rings. The lowest BCUT2D eigenvalue weighted by molar-refractivity contribution is -0.0667. The van der Waals surface area contributed by atoms with E-state index in [-0.39, 0.29) is 29.1 Å². The standard InChI is InChI=1S/C24H38N4O2/c1-8-25-22(28-16-23(4,5)24(28,6)7)26-13-19-9-11-20(12-10-19)21(29)27-14-17(2)30-18(3)15-27/h9-12,17-18H,8,13-16H2,1-7H3,(H,25,26). The van der Waals surface area contributed by atoms with Gasteiger partial charge >= 0.3 is 0 Å². The van der Waals surface area contributed by atoms with Crippen LogP contribution in [0.3, 0.4) is 0 Å². The van der Waals surface area contributed by atoms with Gasteiger partial charge in [0.1, 0.15) is 0 Å². The van der Waals surface area contributed by atoms with Gasteiger partial charge in [-0.15, -0.1) is 0 Å². The van der Waals surface area contributed by atoms with Crippen molar-refractivity contribution in [2.24, 2.45) is 10.4 Å². The number of amides is 1. The molecule has 30 heavy (non-hydrogen) atoms. The molecule has 2 atom stereocenters. The highest BCUT2D eigenvalue weighted by Gasteiger charge is 2.53. The number of nitrogens with zero attached hydrogens (tertiary/aromatic N) is 3. The maximum absolute atomic E-state index is 12.8. The lowest BCUT2D eigenvalue weighted by Gasteiger charge is -2.62. The molecule has 0 aromatic heterocycles. The molecule has 3 rings (SSSR count). The molecule has 2 saturated heterocycles. The summed E-state index contributed by atoms with van der Waals surface area (Å²) in [5.74, 6) is 1.03. The van der Waals surface area contributed by atoms with E-state index in [2.05, 4.69) is 44.8 Å². The Labute approximate surface area is 181 Å². The van der Waals surface area contributed by atoms with Gasteiger partial charge in [0.05, 0.1) is 18.8 Å². The number of nitrogens with one attached hydrogen (secondary N) is 1. The van der Waals surface area contributed by atoms with Crippen LogP contribution in [-0.4, -0.2) is 65.6 Å². The molecule has 6 nitrogen and oxygen atoms in total. The first-order chi connectivity index (χ1) is 14.0. The lowest BCUT2D eigenvalue weighted by Crippen LogP contribution is -2.72. The lowest BCUT2D eigenvalue weighted by atomic mass is 9.65. The van der Waals surface area contributed by atoms with Crippen LogP contribution in [0.1, 0.15) is 64.4 Å². The maximum Gasteiger partial charge on any atom is 0.254 e. The van der Waals surface area contributed by atoms with Gasteiger partial charge in [-0.3, -0.25) is 4.79 Å². The van der Waals surface area contributed by atoms with E-state index in [9.17, 15) is 4.79 Å². The number of ether oxygens (including phenoxy) is 1. The monoisotopic (exact) mass is 414 g/mol. The van der Waals surface area contributed by atoms with Gasteiger partial charge in [0.2, 0.25) is 0 Å². The molecule has 0 radical (unpaired) electrons. The summed E-state index contributed by atoms with van der Waals surface area (Å²) in [4.78, 5) is 22.0. The van der Waals surface area contributed by atoms with Gasteiger partial charge < -0.3 is 19.9 Å². The fraction of sp³-hybridized carbons (Fsp3) is 0.667. The molecule has 1 amide bonds. The number of likely N-dealkylation sites (tertiary alicyclic amines) is 1. The predicted molar refractivity (Wildman–Crippen MR) is 122 cm³/mol. The van der Waals surface area contributed by atoms with Crippen LogP contribution in [0.15, 0.2) is 29.3 Å². The van der Waals surface area contributed by atoms with Crippen LogP contribution in [0.4, 0.5) is 0 Å². The van der Waals surface area contributed by atoms with Gasteiger partial charge in [-0.1, -0.05) is 26.0 Å². The van der Waals surface area contributed by atoms with Gasteiger partial charge in [0, 0.05) is 42.7 Å². The van der Waals surface area contributed by atoms with E-state index in [4.69, 9.17) is 9.73 Å². The molecule has 1 aromatic carbocycles. The summed E-state index contributed by atoms with van der Waals surface area (Å²) in [5, 5.41) is 3.43. The molecule has 0 bridgehead atoms. The van der Waals surface area contributed by atoms with E-state index < -0.39 is 0 Å². The quantitative estimate of drug-likeness (QED) is 0.605. The van der Waals surface area contributed by atoms with Gasteiger partial charge in [0.25, 0.3) is 5.91 Å². The van der Waals surface area contributed by atoms with Gasteiger partial charge in [-0.25, -0.2) is 4.99 Å². The zero-order valence-electron chi connectivity index (χ0n) is 19.7. The normalized spacial score (nSPS) is 25.6. The molecular formula is C24H38N4O2. The molecule has 2 aliphatic heterocycles. The van der Waals surface area contributed by atoms with Crippen molar-refractivity contribution in [3.05, 3.63) is 35.4 Å². The van der Waals surface area contributed by atoms with Gasteiger partial charge in [-0.2, -0.15) is 0 Å². The van der Waals surface area contributed by atoms with E-state index in [0.29, 0.717) is 19.6 Å². The SMILES string of the molecule is CCNC(=NCc1ccc(C(=O)N2CC(C)OC(C)C2)cc1)N1CC(C)(C)C1(C)C. The number of carbonyl (C=O) groups is 1. The molecule has 2 aliphatic rings. The van der Waals surface area contributed by atoms with Crippen molar-refractivity contribution in [3.8, 4) is 0 Å². The second-order valence-electron chi connectivity index (χ2n) is 9.86. The predicted octanol–water partition coefficient (Wildman–Crippen LogP) is 3.52. The van der Waals surface area contributed by atoms with E-state index in [1.54, 1.807) is 0 Å². The highest BCUT2D eigenvalue weighted by molar-refractivity contribution is 5.94. The van der Waals surface area contributed by atoms with Crippen LogP contribution in [0, 0.1) is 5.41 Å². The average Bonchev–Trinajstić information content (AvgIpc) is 2.68. The van der Waals surface area contributed by atoms with Crippen LogP contribution >= 0.6 is 0 Å². The molecule has 2 heterocycles. The van der Waals surface area contributed by atoms with Crippen LogP contribution < -0.4 is 5.32 Å². The summed E-state index contributed by atoms with van der Waals surface area (Å²) < 4.78 is 5.74. The molecule has 0 aliphatic carbocycles. The third-order valence-electron chi connectivity index (χ3n) is 6.79. The highest BCUT2D eigenvalue weighted by atomic mass is 16.5. The summed E-state index contributed by atoms with van der Waals surface area (Å²) >= 11 is 0. The molecule has 1 N–H and O–H groups in total. The highest BCUT2D eigenvalue weighted by Crippen LogP contribution is 2.46. The molecule has 166 valence electrons. The van der Waals surface area contributed by atoms with Crippen molar-refractivity contribution in [2.75, 3.05) is 26.2 Å². The number of aliphatic imine (C=N–C) groups is 1. The van der Waals surface area contributed by atoms with Gasteiger partial charge in [-0.05, 0) is 52.3 Å². The summed E-state index contributed by atoms with van der Waals surface area (Å²) in [5.41, 5.74) is 2.15. The second-order valence-corrected chi connectivity index (χ2v) is 9.86. The Balaban J connectivity index is 1.66. The molecule has 2 unspecified atom stereocenters. The number of rotatable bonds is 4. The first-order valence-electron chi connectivity index (χ1n) is 11.1. The third-order valence-corrected chi connectivity index (χ3v) is 6.79. The Hall–Kier alpha value is -2.08. The van der Waals surface area contributed by atoms with Crippen molar-refractivity contribution in [1.29, 1.82) is 0 Å². The smallest absolute Gasteiger partial charge is 0.254 e. The number of morpholine rings is 1. The largest absolute Gasteiger partial charge is 0.372 e. The fourth-order valence-electron chi connectivity index (χ4n) is 4.24. The third kappa shape index (κ3) is 4.48. The Morgan fingerprint density at radius 3 is 2.23 bits per heavy atom. The molecule has 0 spiro atoms. The van der Waals surface area contributed by atoms with Crippen LogP contribution in [0.2, 0.25) is 0 Å². The Kier molecular flexibility index (Phi) is 6.46. The number of hydrogen-bond acceptors (Lipinski definition) is 3. The van der Waals surface area contributed by atoms with Crippen molar-refractivity contribution in [1.82, 2.24) is 15.1 Å². The summed E-state index contributed by atoms with van der Waals surface area (Å²) in [6, 6.07) is 7.86. The number of hydrogen-bond donors (Lipinski definition) is 1. The van der Waals surface area contributed by atoms with E-state index in [0.717, 1.165) is 30.2 Å². The van der Waals surface area contributed by atoms with Crippen LogP contribution in [0.5, 0.6) is 0 Å². The van der Waals surface area contributed by atoms with Crippen molar-refractivity contribution < 1.29 is 9.53 Å². The fourth-order valence-corrected chi connectivity index (χ4v) is 4.24. The first-order valence-corrected chi connectivity index (χ1v) is 11.1. The molecule has 6 heteroatoms. The van der Waals surface area contributed by atoms with E-state index in [1.165, 1.54) is 0 Å². The number of benzene rings is 1. The van der Waals surface area contributed by atoms with Crippen molar-refractivity contribution in [2.45, 2.75) is 72.8 Å². The summed E-state index contributed by atoms with van der Waals surface area (Å²) in [6.07, 6.45) is 0.151. The second kappa shape index (κ2) is 8.58. The zero-order valence-corrected chi connectivity index (χ0v) is 19.7. The summed E-state index contributed by atoms with van der Waals surface area (Å²) in [7, 11) is 0. The molecular weight excluding hydrogens is 376 g/mol. The number of carbonyl (C=O) groups excluding carboxylic acids is 1. The molecule has 2 fully saturated rings. The van der Waals surface area contributed by atoms with Gasteiger partial charge in [0.15, 0.2) is 5.96 Å². The minimum atomic E-state index is 0.0662. The topological polar surface area (TPSA) is 57.2 Å². The maximum atomic E-state index is 12.8. The first kappa shape index (κ1) is 22.6. The van der Waals surface area contributed by atoms with E-state index in [1.807, 2.05) is 43.0 Å². The van der Waals surface area contributed by atoms with Crippen molar-refractivity contribution >= 4 is 11.9 Å². The summed E-state index contributed by atoms with van der Waals surface area (Å²) in [6.45, 7) is 19.0. The zero-order chi connectivity index (χ0) is 22.1. The number of guanidine groups is 1. The minimum Gasteiger partial charge on any atom is -0.372 e. The Bertz CT molecular complexity index is 775. The minimum absolute atomic E-state index is 0.0662. The van der Waals surface area contributed by atoms with Crippen LogP contribution in [0.25, 0.3) is 0 Å².